The normalized spacial score (nSPS) is 11.7. The van der Waals surface area contributed by atoms with Gasteiger partial charge in [-0.3, -0.25) is 0 Å². The maximum absolute atomic E-state index is 12.1. The molecule has 0 radical (unpaired) electrons. The van der Waals surface area contributed by atoms with Crippen molar-refractivity contribution in [2.45, 2.75) is 25.2 Å². The molecule has 1 aromatic rings. The molecule has 2 N–H and O–H groups in total. The lowest BCUT2D eigenvalue weighted by Gasteiger charge is -2.09. The summed E-state index contributed by atoms with van der Waals surface area (Å²) in [6.07, 6.45) is 1.04. The molecule has 102 valence electrons. The molecule has 0 aliphatic carbocycles. The van der Waals surface area contributed by atoms with Gasteiger partial charge in [-0.25, -0.2) is 13.1 Å². The summed E-state index contributed by atoms with van der Waals surface area (Å²) in [5, 5.41) is 3.15. The Labute approximate surface area is 117 Å². The second kappa shape index (κ2) is 7.23. The van der Waals surface area contributed by atoms with Gasteiger partial charge in [-0.15, -0.1) is 0 Å². The number of benzene rings is 1. The molecule has 1 aromatic carbocycles. The molecular formula is C12H19BrN2O2S. The Balaban J connectivity index is 2.66. The summed E-state index contributed by atoms with van der Waals surface area (Å²) in [7, 11) is -3.44. The van der Waals surface area contributed by atoms with Crippen LogP contribution in [0.5, 0.6) is 0 Å². The zero-order valence-corrected chi connectivity index (χ0v) is 13.1. The van der Waals surface area contributed by atoms with Crippen LogP contribution in [0.2, 0.25) is 0 Å². The highest BCUT2D eigenvalue weighted by molar-refractivity contribution is 9.10. The quantitative estimate of drug-likeness (QED) is 0.750. The minimum atomic E-state index is -3.44. The van der Waals surface area contributed by atoms with Crippen LogP contribution >= 0.6 is 15.9 Å². The molecule has 0 spiro atoms. The first kappa shape index (κ1) is 15.6. The van der Waals surface area contributed by atoms with Crippen LogP contribution in [0.15, 0.2) is 27.6 Å². The Kier molecular flexibility index (Phi) is 6.28. The summed E-state index contributed by atoms with van der Waals surface area (Å²) >= 11 is 3.27. The van der Waals surface area contributed by atoms with E-state index in [1.807, 2.05) is 13.0 Å². The summed E-state index contributed by atoms with van der Waals surface area (Å²) in [5.74, 6) is 0. The van der Waals surface area contributed by atoms with E-state index < -0.39 is 10.0 Å². The van der Waals surface area contributed by atoms with Crippen molar-refractivity contribution in [1.29, 1.82) is 0 Å². The van der Waals surface area contributed by atoms with Crippen LogP contribution in [0.25, 0.3) is 0 Å². The van der Waals surface area contributed by atoms with Crippen molar-refractivity contribution in [1.82, 2.24) is 10.0 Å². The number of rotatable bonds is 7. The van der Waals surface area contributed by atoms with Gasteiger partial charge in [0.1, 0.15) is 0 Å². The summed E-state index contributed by atoms with van der Waals surface area (Å²) in [6.45, 7) is 5.87. The van der Waals surface area contributed by atoms with Crippen LogP contribution in [0, 0.1) is 6.92 Å². The van der Waals surface area contributed by atoms with Crippen LogP contribution in [0.4, 0.5) is 0 Å². The van der Waals surface area contributed by atoms with E-state index in [1.54, 1.807) is 12.1 Å². The fourth-order valence-electron chi connectivity index (χ4n) is 1.47. The van der Waals surface area contributed by atoms with Gasteiger partial charge in [0, 0.05) is 17.6 Å². The molecule has 0 saturated carbocycles. The van der Waals surface area contributed by atoms with E-state index >= 15 is 0 Å². The number of sulfonamides is 1. The lowest BCUT2D eigenvalue weighted by molar-refractivity contribution is 0.575. The molecule has 0 saturated heterocycles. The molecule has 0 aromatic heterocycles. The molecule has 1 rings (SSSR count). The first-order chi connectivity index (χ1) is 8.47. The number of hydrogen-bond acceptors (Lipinski definition) is 3. The zero-order valence-electron chi connectivity index (χ0n) is 10.7. The van der Waals surface area contributed by atoms with E-state index in [0.717, 1.165) is 18.5 Å². The largest absolute Gasteiger partial charge is 0.315 e. The average molecular weight is 335 g/mol. The zero-order chi connectivity index (χ0) is 13.6. The lowest BCUT2D eigenvalue weighted by Crippen LogP contribution is -2.32. The highest BCUT2D eigenvalue weighted by atomic mass is 79.9. The molecule has 18 heavy (non-hydrogen) atoms. The molecule has 0 aliphatic heterocycles. The van der Waals surface area contributed by atoms with Gasteiger partial charge in [0.25, 0.3) is 0 Å². The predicted octanol–water partition coefficient (Wildman–Crippen LogP) is 2.04. The molecule has 0 amide bonds. The van der Waals surface area contributed by atoms with Crippen molar-refractivity contribution in [2.75, 3.05) is 19.6 Å². The molecule has 4 nitrogen and oxygen atoms in total. The fourth-order valence-corrected chi connectivity index (χ4v) is 3.55. The monoisotopic (exact) mass is 334 g/mol. The number of nitrogens with one attached hydrogen (secondary N) is 2. The summed E-state index contributed by atoms with van der Waals surface area (Å²) in [5.41, 5.74) is 0.919. The van der Waals surface area contributed by atoms with Crippen molar-refractivity contribution < 1.29 is 8.42 Å². The Bertz CT molecular complexity index is 489. The van der Waals surface area contributed by atoms with Crippen molar-refractivity contribution in [3.63, 3.8) is 0 Å². The first-order valence-electron chi connectivity index (χ1n) is 5.94. The van der Waals surface area contributed by atoms with Crippen molar-refractivity contribution in [2.24, 2.45) is 0 Å². The van der Waals surface area contributed by atoms with Gasteiger partial charge < -0.3 is 5.32 Å². The summed E-state index contributed by atoms with van der Waals surface area (Å²) in [4.78, 5) is 0.290. The fraction of sp³-hybridized carbons (Fsp3) is 0.500. The van der Waals surface area contributed by atoms with Crippen molar-refractivity contribution in [3.8, 4) is 0 Å². The SMILES string of the molecule is CCCNCCNS(=O)(=O)c1cc(C)ccc1Br. The smallest absolute Gasteiger partial charge is 0.241 e. The molecule has 0 heterocycles. The third-order valence-electron chi connectivity index (χ3n) is 2.40. The maximum Gasteiger partial charge on any atom is 0.241 e. The van der Waals surface area contributed by atoms with Gasteiger partial charge in [-0.05, 0) is 53.5 Å². The van der Waals surface area contributed by atoms with Crippen LogP contribution in [0.1, 0.15) is 18.9 Å². The highest BCUT2D eigenvalue weighted by Gasteiger charge is 2.16. The Morgan fingerprint density at radius 1 is 1.22 bits per heavy atom. The second-order valence-electron chi connectivity index (χ2n) is 4.08. The van der Waals surface area contributed by atoms with Crippen LogP contribution in [-0.4, -0.2) is 28.1 Å². The molecule has 0 unspecified atom stereocenters. The Morgan fingerprint density at radius 3 is 2.61 bits per heavy atom. The van der Waals surface area contributed by atoms with E-state index in [2.05, 4.69) is 32.9 Å². The molecule has 6 heteroatoms. The highest BCUT2D eigenvalue weighted by Crippen LogP contribution is 2.22. The molecule has 0 atom stereocenters. The lowest BCUT2D eigenvalue weighted by atomic mass is 10.2. The van der Waals surface area contributed by atoms with E-state index in [9.17, 15) is 8.42 Å². The third kappa shape index (κ3) is 4.68. The van der Waals surface area contributed by atoms with Crippen LogP contribution < -0.4 is 10.0 Å². The molecule has 0 bridgehead atoms. The number of hydrogen-bond donors (Lipinski definition) is 2. The minimum absolute atomic E-state index is 0.290. The minimum Gasteiger partial charge on any atom is -0.315 e. The van der Waals surface area contributed by atoms with Crippen molar-refractivity contribution in [3.05, 3.63) is 28.2 Å². The van der Waals surface area contributed by atoms with E-state index in [4.69, 9.17) is 0 Å². The first-order valence-corrected chi connectivity index (χ1v) is 8.21. The van der Waals surface area contributed by atoms with Gasteiger partial charge in [-0.1, -0.05) is 13.0 Å². The summed E-state index contributed by atoms with van der Waals surface area (Å²) < 4.78 is 27.3. The molecule has 0 aliphatic rings. The Hall–Kier alpha value is -0.430. The van der Waals surface area contributed by atoms with Gasteiger partial charge in [0.2, 0.25) is 10.0 Å². The Morgan fingerprint density at radius 2 is 1.94 bits per heavy atom. The standard InChI is InChI=1S/C12H19BrN2O2S/c1-3-6-14-7-8-15-18(16,17)12-9-10(2)4-5-11(12)13/h4-5,9,14-15H,3,6-8H2,1-2H3. The third-order valence-corrected chi connectivity index (χ3v) is 4.85. The second-order valence-corrected chi connectivity index (χ2v) is 6.67. The number of aryl methyl sites for hydroxylation is 1. The average Bonchev–Trinajstić information content (AvgIpc) is 2.32. The topological polar surface area (TPSA) is 58.2 Å². The van der Waals surface area contributed by atoms with Gasteiger partial charge in [0.05, 0.1) is 4.90 Å². The van der Waals surface area contributed by atoms with E-state index in [0.29, 0.717) is 17.6 Å². The molecular weight excluding hydrogens is 316 g/mol. The van der Waals surface area contributed by atoms with E-state index in [-0.39, 0.29) is 4.90 Å². The van der Waals surface area contributed by atoms with Gasteiger partial charge >= 0.3 is 0 Å². The predicted molar refractivity (Wildman–Crippen MR) is 77.2 cm³/mol. The van der Waals surface area contributed by atoms with Crippen LogP contribution in [-0.2, 0) is 10.0 Å². The molecule has 0 fully saturated rings. The number of halogens is 1. The summed E-state index contributed by atoms with van der Waals surface area (Å²) in [6, 6.07) is 5.27. The van der Waals surface area contributed by atoms with E-state index in [1.165, 1.54) is 0 Å². The maximum atomic E-state index is 12.1. The van der Waals surface area contributed by atoms with Crippen molar-refractivity contribution >= 4 is 26.0 Å². The van der Waals surface area contributed by atoms with Gasteiger partial charge in [-0.2, -0.15) is 0 Å². The van der Waals surface area contributed by atoms with Crippen LogP contribution in [0.3, 0.4) is 0 Å². The van der Waals surface area contributed by atoms with Gasteiger partial charge in [0.15, 0.2) is 0 Å².